The highest BCUT2D eigenvalue weighted by atomic mass is 33.1. The van der Waals surface area contributed by atoms with E-state index in [2.05, 4.69) is 34.3 Å². The van der Waals surface area contributed by atoms with Crippen LogP contribution in [0.4, 0.5) is 5.82 Å². The summed E-state index contributed by atoms with van der Waals surface area (Å²) in [7, 11) is 3.41. The first-order valence-electron chi connectivity index (χ1n) is 9.22. The summed E-state index contributed by atoms with van der Waals surface area (Å²) in [5.41, 5.74) is 4.64. The third kappa shape index (κ3) is 3.71. The van der Waals surface area contributed by atoms with Gasteiger partial charge < -0.3 is 4.90 Å². The molecule has 6 heteroatoms. The van der Waals surface area contributed by atoms with E-state index in [4.69, 9.17) is 4.98 Å². The number of rotatable bonds is 5. The highest BCUT2D eigenvalue weighted by Gasteiger charge is 2.30. The Bertz CT molecular complexity index is 911. The van der Waals surface area contributed by atoms with E-state index in [-0.39, 0.29) is 0 Å². The van der Waals surface area contributed by atoms with Gasteiger partial charge in [-0.1, -0.05) is 28.0 Å². The topological polar surface area (TPSA) is 52.8 Å². The molecule has 1 aliphatic carbocycles. The molecule has 0 atom stereocenters. The Morgan fingerprint density at radius 3 is 2.74 bits per heavy atom. The quantitative estimate of drug-likeness (QED) is 0.649. The number of hydrogen-bond acceptors (Lipinski definition) is 6. The molecular formula is C21H22N4S2. The molecule has 4 nitrogen and oxygen atoms in total. The summed E-state index contributed by atoms with van der Waals surface area (Å²) in [5.74, 6) is 1.68. The van der Waals surface area contributed by atoms with Crippen molar-refractivity contribution in [2.45, 2.75) is 31.1 Å². The van der Waals surface area contributed by atoms with Gasteiger partial charge in [-0.3, -0.25) is 4.98 Å². The van der Waals surface area contributed by atoms with Crippen LogP contribution in [0, 0.1) is 24.2 Å². The van der Waals surface area contributed by atoms with Crippen LogP contribution >= 0.6 is 21.6 Å². The van der Waals surface area contributed by atoms with Gasteiger partial charge in [0.25, 0.3) is 0 Å². The molecule has 4 rings (SSSR count). The van der Waals surface area contributed by atoms with Crippen molar-refractivity contribution in [3.8, 4) is 6.07 Å². The Balaban J connectivity index is 1.76. The monoisotopic (exact) mass is 394 g/mol. The van der Waals surface area contributed by atoms with Crippen molar-refractivity contribution < 1.29 is 0 Å². The van der Waals surface area contributed by atoms with Crippen molar-refractivity contribution in [2.75, 3.05) is 24.2 Å². The first-order valence-corrected chi connectivity index (χ1v) is 11.8. The lowest BCUT2D eigenvalue weighted by Gasteiger charge is -2.37. The average Bonchev–Trinajstić information content (AvgIpc) is 2.64. The van der Waals surface area contributed by atoms with Gasteiger partial charge in [0.05, 0.1) is 11.3 Å². The number of allylic oxidation sites excluding steroid dienone is 1. The van der Waals surface area contributed by atoms with E-state index >= 15 is 0 Å². The maximum Gasteiger partial charge on any atom is 0.137 e. The predicted octanol–water partition coefficient (Wildman–Crippen LogP) is 5.21. The number of pyridine rings is 2. The largest absolute Gasteiger partial charge is 0.351 e. The van der Waals surface area contributed by atoms with E-state index in [0.29, 0.717) is 12.1 Å². The molecule has 0 radical (unpaired) electrons. The second-order valence-corrected chi connectivity index (χ2v) is 9.63. The molecule has 2 aliphatic rings. The molecule has 1 aliphatic heterocycles. The molecule has 1 fully saturated rings. The zero-order chi connectivity index (χ0) is 18.8. The fourth-order valence-corrected chi connectivity index (χ4v) is 4.97. The van der Waals surface area contributed by atoms with E-state index in [1.165, 1.54) is 19.3 Å². The Labute approximate surface area is 168 Å². The fraction of sp³-hybridized carbons (Fsp3) is 0.381. The van der Waals surface area contributed by atoms with Gasteiger partial charge in [-0.25, -0.2) is 4.98 Å². The second kappa shape index (κ2) is 7.95. The SMILES string of the molecule is CSSc1ccc(C2=C(C#N)c3cc(C)cnc3N(CC3CCC3)C2)nc1. The molecule has 0 unspecified atom stereocenters. The highest BCUT2D eigenvalue weighted by molar-refractivity contribution is 8.76. The van der Waals surface area contributed by atoms with Crippen molar-refractivity contribution in [2.24, 2.45) is 5.92 Å². The second-order valence-electron chi connectivity index (χ2n) is 7.16. The summed E-state index contributed by atoms with van der Waals surface area (Å²) < 4.78 is 0. The maximum absolute atomic E-state index is 9.94. The molecule has 138 valence electrons. The average molecular weight is 395 g/mol. The first-order chi connectivity index (χ1) is 13.2. The van der Waals surface area contributed by atoms with Gasteiger partial charge in [-0.15, -0.1) is 0 Å². The number of aromatic nitrogens is 2. The molecule has 2 aromatic rings. The van der Waals surface area contributed by atoms with E-state index in [1.54, 1.807) is 21.6 Å². The molecule has 1 saturated carbocycles. The molecule has 2 aromatic heterocycles. The number of hydrogen-bond donors (Lipinski definition) is 0. The zero-order valence-corrected chi connectivity index (χ0v) is 17.2. The molecule has 0 spiro atoms. The van der Waals surface area contributed by atoms with E-state index in [0.717, 1.165) is 45.6 Å². The van der Waals surface area contributed by atoms with Gasteiger partial charge in [-0.2, -0.15) is 5.26 Å². The molecule has 0 saturated heterocycles. The molecule has 0 amide bonds. The molecule has 27 heavy (non-hydrogen) atoms. The van der Waals surface area contributed by atoms with Crippen molar-refractivity contribution in [1.29, 1.82) is 5.26 Å². The smallest absolute Gasteiger partial charge is 0.137 e. The summed E-state index contributed by atoms with van der Waals surface area (Å²) in [6.45, 7) is 3.73. The minimum absolute atomic E-state index is 0.699. The van der Waals surface area contributed by atoms with Gasteiger partial charge in [-0.05, 0) is 55.7 Å². The molecule has 3 heterocycles. The minimum atomic E-state index is 0.699. The van der Waals surface area contributed by atoms with E-state index < -0.39 is 0 Å². The van der Waals surface area contributed by atoms with Crippen LogP contribution in [0.1, 0.15) is 36.1 Å². The Morgan fingerprint density at radius 1 is 1.26 bits per heavy atom. The van der Waals surface area contributed by atoms with Crippen LogP contribution in [0.2, 0.25) is 0 Å². The van der Waals surface area contributed by atoms with Crippen molar-refractivity contribution in [3.05, 3.63) is 47.4 Å². The highest BCUT2D eigenvalue weighted by Crippen LogP contribution is 2.39. The first kappa shape index (κ1) is 18.4. The fourth-order valence-electron chi connectivity index (χ4n) is 3.68. The van der Waals surface area contributed by atoms with Gasteiger partial charge in [0.2, 0.25) is 0 Å². The van der Waals surface area contributed by atoms with Crippen molar-refractivity contribution >= 4 is 38.6 Å². The van der Waals surface area contributed by atoms with E-state index in [1.807, 2.05) is 25.4 Å². The van der Waals surface area contributed by atoms with Gasteiger partial charge in [0, 0.05) is 41.5 Å². The lowest BCUT2D eigenvalue weighted by atomic mass is 9.84. The Morgan fingerprint density at radius 2 is 2.11 bits per heavy atom. The van der Waals surface area contributed by atoms with Crippen LogP contribution in [0.3, 0.4) is 0 Å². The van der Waals surface area contributed by atoms with E-state index in [9.17, 15) is 5.26 Å². The zero-order valence-electron chi connectivity index (χ0n) is 15.6. The third-order valence-electron chi connectivity index (χ3n) is 5.26. The number of nitrogens with zero attached hydrogens (tertiary/aromatic N) is 4. The predicted molar refractivity (Wildman–Crippen MR) is 115 cm³/mol. The number of aryl methyl sites for hydroxylation is 1. The summed E-state index contributed by atoms with van der Waals surface area (Å²) in [5, 5.41) is 9.94. The number of nitriles is 1. The van der Waals surface area contributed by atoms with Crippen LogP contribution in [0.15, 0.2) is 35.5 Å². The number of fused-ring (bicyclic) bond motifs is 1. The van der Waals surface area contributed by atoms with Gasteiger partial charge in [0.15, 0.2) is 0 Å². The van der Waals surface area contributed by atoms with Crippen LogP contribution < -0.4 is 4.90 Å². The Hall–Kier alpha value is -1.97. The van der Waals surface area contributed by atoms with Crippen LogP contribution in [0.25, 0.3) is 11.1 Å². The summed E-state index contributed by atoms with van der Waals surface area (Å²) in [6, 6.07) is 8.66. The van der Waals surface area contributed by atoms with Crippen LogP contribution in [0.5, 0.6) is 0 Å². The summed E-state index contributed by atoms with van der Waals surface area (Å²) in [4.78, 5) is 12.8. The number of anilines is 1. The standard InChI is InChI=1S/C21H22N4S2/c1-14-8-17-18(9-22)19(20-7-6-16(11-23-20)27-26-2)13-25(21(17)24-10-14)12-15-4-3-5-15/h6-8,10-11,15H,3-5,12-13H2,1-2H3. The lowest BCUT2D eigenvalue weighted by molar-refractivity contribution is 0.319. The van der Waals surface area contributed by atoms with Gasteiger partial charge in [0.1, 0.15) is 11.9 Å². The molecular weight excluding hydrogens is 372 g/mol. The van der Waals surface area contributed by atoms with Gasteiger partial charge >= 0.3 is 0 Å². The van der Waals surface area contributed by atoms with Crippen molar-refractivity contribution in [1.82, 2.24) is 9.97 Å². The Kier molecular flexibility index (Phi) is 5.42. The summed E-state index contributed by atoms with van der Waals surface area (Å²) >= 11 is 0. The maximum atomic E-state index is 9.94. The molecule has 0 N–H and O–H groups in total. The molecule has 0 aromatic carbocycles. The molecule has 0 bridgehead atoms. The van der Waals surface area contributed by atoms with Crippen molar-refractivity contribution in [3.63, 3.8) is 0 Å². The lowest BCUT2D eigenvalue weighted by Crippen LogP contribution is -2.37. The minimum Gasteiger partial charge on any atom is -0.351 e. The summed E-state index contributed by atoms with van der Waals surface area (Å²) in [6.07, 6.45) is 9.77. The third-order valence-corrected chi connectivity index (χ3v) is 6.94. The van der Waals surface area contributed by atoms with Crippen LogP contribution in [-0.4, -0.2) is 29.3 Å². The normalized spacial score (nSPS) is 16.7. The van der Waals surface area contributed by atoms with Crippen LogP contribution in [-0.2, 0) is 0 Å².